The van der Waals surface area contributed by atoms with Crippen molar-refractivity contribution < 1.29 is 62.2 Å². The van der Waals surface area contributed by atoms with E-state index in [0.717, 1.165) is 5.56 Å². The van der Waals surface area contributed by atoms with E-state index in [2.05, 4.69) is 19.3 Å². The number of hydrogen-bond acceptors (Lipinski definition) is 16. The van der Waals surface area contributed by atoms with Gasteiger partial charge in [0, 0.05) is 18.0 Å². The summed E-state index contributed by atoms with van der Waals surface area (Å²) in [6, 6.07) is 7.09. The third kappa shape index (κ3) is 5.88. The molecule has 250 valence electrons. The van der Waals surface area contributed by atoms with Crippen LogP contribution in [-0.2, 0) is 32.0 Å². The zero-order chi connectivity index (χ0) is 33.2. The summed E-state index contributed by atoms with van der Waals surface area (Å²) in [7, 11) is -10.7. The Kier molecular flexibility index (Phi) is 8.61. The maximum Gasteiger partial charge on any atom is 0.481 e. The van der Waals surface area contributed by atoms with Crippen LogP contribution in [-0.4, -0.2) is 106 Å². The summed E-state index contributed by atoms with van der Waals surface area (Å²) >= 11 is 0. The zero-order valence-electron chi connectivity index (χ0n) is 24.0. The molecule has 0 bridgehead atoms. The summed E-state index contributed by atoms with van der Waals surface area (Å²) in [5.41, 5.74) is 12.6. The lowest BCUT2D eigenvalue weighted by Gasteiger charge is -2.32. The summed E-state index contributed by atoms with van der Waals surface area (Å²) in [6.45, 7) is -0.256. The standard InChI is InChI=1S/C25H32N6O13P2/c1-25(13-7-28-17-16(13)29-10-30-22(17)26)21(35)19(33)15(43-25)9-41-46(38,39)44-45(36,37)40-8-14-18(32)20(34)24(42-14)31-6-5-11-3-2-4-12(11)23(31)27/h2-7,10,13-15,18-21,24,32-35H,8-9,27H2,1H3,(H,36,37)(H,38,39)(H2,26,29,30)/t13?,14-,15+,18?,19?,20+,21-,24-,25-/m1/s1. The highest BCUT2D eigenvalue weighted by Crippen LogP contribution is 2.61. The number of nitrogens with two attached hydrogens (primary N) is 2. The summed E-state index contributed by atoms with van der Waals surface area (Å²) in [6.07, 6.45) is -6.14. The van der Waals surface area contributed by atoms with Crippen LogP contribution >= 0.6 is 15.6 Å². The van der Waals surface area contributed by atoms with Crippen molar-refractivity contribution >= 4 is 39.2 Å². The monoisotopic (exact) mass is 686 g/mol. The van der Waals surface area contributed by atoms with Crippen LogP contribution in [0.25, 0.3) is 11.1 Å². The number of phosphoric ester groups is 2. The number of aliphatic hydroxyl groups excluding tert-OH is 4. The second kappa shape index (κ2) is 12.0. The fraction of sp³-hybridized carbons (Fsp3) is 0.480. The van der Waals surface area contributed by atoms with E-state index >= 15 is 0 Å². The molecule has 1 aliphatic carbocycles. The minimum Gasteiger partial charge on any atom is -0.387 e. The van der Waals surface area contributed by atoms with Gasteiger partial charge in [-0.15, -0.1) is 0 Å². The van der Waals surface area contributed by atoms with Gasteiger partial charge in [0.15, 0.2) is 12.0 Å². The lowest BCUT2D eigenvalue weighted by Crippen LogP contribution is -2.45. The quantitative estimate of drug-likeness (QED) is 0.128. The first-order valence-electron chi connectivity index (χ1n) is 13.8. The van der Waals surface area contributed by atoms with E-state index in [1.165, 1.54) is 30.2 Å². The fourth-order valence-electron chi connectivity index (χ4n) is 5.83. The van der Waals surface area contributed by atoms with Crippen molar-refractivity contribution in [3.8, 4) is 11.1 Å². The molecule has 46 heavy (non-hydrogen) atoms. The first-order valence-corrected chi connectivity index (χ1v) is 16.8. The molecule has 2 saturated heterocycles. The molecule has 4 aliphatic heterocycles. The second-order valence-electron chi connectivity index (χ2n) is 11.2. The van der Waals surface area contributed by atoms with Crippen molar-refractivity contribution in [1.82, 2.24) is 14.5 Å². The van der Waals surface area contributed by atoms with Gasteiger partial charge >= 0.3 is 15.6 Å². The van der Waals surface area contributed by atoms with Crippen molar-refractivity contribution in [2.24, 2.45) is 4.99 Å². The largest absolute Gasteiger partial charge is 0.481 e. The molecule has 0 radical (unpaired) electrons. The molecule has 6 rings (SSSR count). The third-order valence-electron chi connectivity index (χ3n) is 8.28. The number of anilines is 2. The second-order valence-corrected chi connectivity index (χ2v) is 14.2. The first kappa shape index (κ1) is 33.0. The fourth-order valence-corrected chi connectivity index (χ4v) is 7.92. The average Bonchev–Trinajstić information content (AvgIpc) is 3.76. The predicted molar refractivity (Wildman–Crippen MR) is 157 cm³/mol. The molecule has 5 unspecified atom stereocenters. The molecule has 1 aromatic heterocycles. The maximum absolute atomic E-state index is 12.6. The van der Waals surface area contributed by atoms with E-state index in [4.69, 9.17) is 30.0 Å². The molecule has 19 nitrogen and oxygen atoms in total. The number of nitrogens with zero attached hydrogens (tertiary/aromatic N) is 4. The van der Waals surface area contributed by atoms with Crippen molar-refractivity contribution in [3.63, 3.8) is 0 Å². The van der Waals surface area contributed by atoms with Gasteiger partial charge in [-0.25, -0.2) is 19.1 Å². The van der Waals surface area contributed by atoms with E-state index in [0.29, 0.717) is 11.3 Å². The van der Waals surface area contributed by atoms with Crippen molar-refractivity contribution in [1.29, 1.82) is 0 Å². The van der Waals surface area contributed by atoms with E-state index in [9.17, 15) is 39.3 Å². The maximum atomic E-state index is 12.6. The lowest BCUT2D eigenvalue weighted by atomic mass is 9.82. The molecule has 21 heteroatoms. The summed E-state index contributed by atoms with van der Waals surface area (Å²) in [5, 5.41) is 42.5. The van der Waals surface area contributed by atoms with Gasteiger partial charge in [-0.3, -0.25) is 14.0 Å². The Morgan fingerprint density at radius 1 is 0.978 bits per heavy atom. The van der Waals surface area contributed by atoms with Crippen LogP contribution < -0.4 is 11.5 Å². The van der Waals surface area contributed by atoms with Gasteiger partial charge in [0.25, 0.3) is 0 Å². The third-order valence-corrected chi connectivity index (χ3v) is 10.9. The number of phosphoric acid groups is 2. The number of aliphatic imine (C=N–C) groups is 1. The number of aromatic nitrogens is 3. The lowest BCUT2D eigenvalue weighted by molar-refractivity contribution is -0.0842. The van der Waals surface area contributed by atoms with Crippen molar-refractivity contribution in [2.45, 2.75) is 61.3 Å². The SMILES string of the molecule is C[C@]1(C2C=Nc3c(N)ncnc32)O[C@@H](COP(=O)(O)OP(=O)(O)OC[C@H]2O[C@@H](n3ccc4cccc-4c3N)[C@@H](O)C2O)C(O)[C@H]1O. The molecule has 0 saturated carbocycles. The Bertz CT molecular complexity index is 1710. The molecule has 0 amide bonds. The Morgan fingerprint density at radius 3 is 2.39 bits per heavy atom. The van der Waals surface area contributed by atoms with Crippen molar-refractivity contribution in [3.05, 3.63) is 42.5 Å². The number of hydrogen-bond donors (Lipinski definition) is 8. The van der Waals surface area contributed by atoms with Gasteiger partial charge < -0.3 is 55.7 Å². The molecular formula is C25H32N6O13P2. The van der Waals surface area contributed by atoms with Crippen LogP contribution in [0.3, 0.4) is 0 Å². The van der Waals surface area contributed by atoms with E-state index in [1.54, 1.807) is 18.2 Å². The first-order chi connectivity index (χ1) is 21.6. The van der Waals surface area contributed by atoms with Gasteiger partial charge in [-0.1, -0.05) is 18.2 Å². The molecular weight excluding hydrogens is 654 g/mol. The van der Waals surface area contributed by atoms with Crippen LogP contribution in [0.15, 0.2) is 41.8 Å². The summed E-state index contributed by atoms with van der Waals surface area (Å²) in [5.74, 6) is -0.456. The van der Waals surface area contributed by atoms with Crippen molar-refractivity contribution in [2.75, 3.05) is 24.7 Å². The van der Waals surface area contributed by atoms with Crippen LogP contribution in [0.5, 0.6) is 0 Å². The number of fused-ring (bicyclic) bond motifs is 2. The number of aliphatic hydroxyl groups is 4. The average molecular weight is 687 g/mol. The van der Waals surface area contributed by atoms with Gasteiger partial charge in [0.1, 0.15) is 60.1 Å². The van der Waals surface area contributed by atoms with E-state index < -0.39 is 83.2 Å². The number of ether oxygens (including phenoxy) is 2. The van der Waals surface area contributed by atoms with E-state index in [1.807, 2.05) is 6.07 Å². The highest BCUT2D eigenvalue weighted by atomic mass is 31.3. The molecule has 1 aromatic rings. The number of rotatable bonds is 10. The predicted octanol–water partition coefficient (Wildman–Crippen LogP) is -0.204. The summed E-state index contributed by atoms with van der Waals surface area (Å²) in [4.78, 5) is 32.4. The zero-order valence-corrected chi connectivity index (χ0v) is 25.7. The normalized spacial score (nSPS) is 34.9. The minimum absolute atomic E-state index is 0.0958. The van der Waals surface area contributed by atoms with Crippen LogP contribution in [0.4, 0.5) is 17.3 Å². The van der Waals surface area contributed by atoms with Crippen LogP contribution in [0.1, 0.15) is 24.8 Å². The Balaban J connectivity index is 1.05. The molecule has 10 N–H and O–H groups in total. The molecule has 5 aliphatic rings. The van der Waals surface area contributed by atoms with Gasteiger partial charge in [0.2, 0.25) is 0 Å². The van der Waals surface area contributed by atoms with Gasteiger partial charge in [-0.2, -0.15) is 4.31 Å². The molecule has 2 fully saturated rings. The van der Waals surface area contributed by atoms with Crippen LogP contribution in [0.2, 0.25) is 0 Å². The Hall–Kier alpha value is -2.87. The molecule has 5 heterocycles. The number of nitrogen functional groups attached to an aromatic ring is 2. The molecule has 0 aromatic carbocycles. The van der Waals surface area contributed by atoms with Crippen LogP contribution in [0, 0.1) is 0 Å². The number of pyridine rings is 1. The highest BCUT2D eigenvalue weighted by molar-refractivity contribution is 7.61. The van der Waals surface area contributed by atoms with E-state index in [-0.39, 0.29) is 17.3 Å². The Labute approximate surface area is 260 Å². The minimum atomic E-state index is -5.36. The van der Waals surface area contributed by atoms with Gasteiger partial charge in [-0.05, 0) is 18.6 Å². The molecule has 11 atom stereocenters. The smallest absolute Gasteiger partial charge is 0.387 e. The Morgan fingerprint density at radius 2 is 1.67 bits per heavy atom. The topological polar surface area (TPSA) is 297 Å². The highest BCUT2D eigenvalue weighted by Gasteiger charge is 2.57. The van der Waals surface area contributed by atoms with Gasteiger partial charge in [0.05, 0.1) is 24.8 Å². The molecule has 0 spiro atoms. The summed E-state index contributed by atoms with van der Waals surface area (Å²) < 4.78 is 51.9.